The first kappa shape index (κ1) is 16.3. The van der Waals surface area contributed by atoms with Crippen molar-refractivity contribution in [2.24, 2.45) is 0 Å². The number of hydrogen-bond donors (Lipinski definition) is 1. The molecule has 1 heterocycles. The predicted octanol–water partition coefficient (Wildman–Crippen LogP) is 3.98. The van der Waals surface area contributed by atoms with Gasteiger partial charge in [-0.1, -0.05) is 18.2 Å². The van der Waals surface area contributed by atoms with E-state index in [0.29, 0.717) is 30.2 Å². The van der Waals surface area contributed by atoms with Crippen molar-refractivity contribution in [3.05, 3.63) is 77.0 Å². The molecule has 0 atom stereocenters. The summed E-state index contributed by atoms with van der Waals surface area (Å²) >= 11 is 3.38. The lowest BCUT2D eigenvalue weighted by Crippen LogP contribution is -2.13. The summed E-state index contributed by atoms with van der Waals surface area (Å²) in [5, 5.41) is 7.00. The van der Waals surface area contributed by atoms with Crippen molar-refractivity contribution in [2.75, 3.05) is 11.9 Å². The van der Waals surface area contributed by atoms with Crippen LogP contribution in [0.3, 0.4) is 0 Å². The number of nitrogens with zero attached hydrogens (tertiary/aromatic N) is 2. The zero-order valence-corrected chi connectivity index (χ0v) is 14.4. The Bertz CT molecular complexity index is 819. The average molecular weight is 386 g/mol. The summed E-state index contributed by atoms with van der Waals surface area (Å²) in [6.45, 7) is 1.17. The number of rotatable bonds is 6. The largest absolute Gasteiger partial charge is 0.492 e. The first-order valence-corrected chi connectivity index (χ1v) is 8.28. The maximum absolute atomic E-state index is 12.3. The summed E-state index contributed by atoms with van der Waals surface area (Å²) in [7, 11) is 0. The van der Waals surface area contributed by atoms with E-state index in [4.69, 9.17) is 4.74 Å². The Balaban J connectivity index is 1.60. The second kappa shape index (κ2) is 7.79. The van der Waals surface area contributed by atoms with Crippen molar-refractivity contribution in [1.82, 2.24) is 9.78 Å². The summed E-state index contributed by atoms with van der Waals surface area (Å²) < 4.78 is 8.27. The third kappa shape index (κ3) is 4.23. The molecule has 0 aliphatic carbocycles. The van der Waals surface area contributed by atoms with Crippen LogP contribution in [0.5, 0.6) is 5.75 Å². The Kier molecular flexibility index (Phi) is 5.28. The Hall–Kier alpha value is -2.60. The van der Waals surface area contributed by atoms with Crippen LogP contribution in [0.15, 0.2) is 71.5 Å². The monoisotopic (exact) mass is 385 g/mol. The van der Waals surface area contributed by atoms with Crippen molar-refractivity contribution >= 4 is 27.5 Å². The number of hydrogen-bond acceptors (Lipinski definition) is 3. The molecule has 3 rings (SSSR count). The molecule has 0 bridgehead atoms. The van der Waals surface area contributed by atoms with E-state index < -0.39 is 0 Å². The van der Waals surface area contributed by atoms with Gasteiger partial charge >= 0.3 is 0 Å². The van der Waals surface area contributed by atoms with E-state index in [0.717, 1.165) is 4.47 Å². The zero-order chi connectivity index (χ0) is 16.8. The first-order valence-electron chi connectivity index (χ1n) is 7.48. The minimum Gasteiger partial charge on any atom is -0.492 e. The van der Waals surface area contributed by atoms with Gasteiger partial charge < -0.3 is 10.1 Å². The number of nitrogens with one attached hydrogen (secondary N) is 1. The third-order valence-electron chi connectivity index (χ3n) is 3.36. The molecule has 0 spiro atoms. The number of anilines is 1. The van der Waals surface area contributed by atoms with E-state index >= 15 is 0 Å². The molecule has 122 valence electrons. The predicted molar refractivity (Wildman–Crippen MR) is 96.3 cm³/mol. The highest BCUT2D eigenvalue weighted by molar-refractivity contribution is 9.10. The lowest BCUT2D eigenvalue weighted by molar-refractivity contribution is 0.102. The summed E-state index contributed by atoms with van der Waals surface area (Å²) in [5.74, 6) is 0.531. The van der Waals surface area contributed by atoms with E-state index in [9.17, 15) is 4.79 Å². The molecule has 2 aromatic carbocycles. The summed E-state index contributed by atoms with van der Waals surface area (Å²) in [5.41, 5.74) is 1.27. The fourth-order valence-corrected chi connectivity index (χ4v) is 2.66. The van der Waals surface area contributed by atoms with Gasteiger partial charge in [0.2, 0.25) is 0 Å². The molecule has 1 N–H and O–H groups in total. The highest BCUT2D eigenvalue weighted by Gasteiger charge is 2.09. The fourth-order valence-electron chi connectivity index (χ4n) is 2.20. The fraction of sp³-hybridized carbons (Fsp3) is 0.111. The maximum Gasteiger partial charge on any atom is 0.256 e. The molecule has 24 heavy (non-hydrogen) atoms. The van der Waals surface area contributed by atoms with E-state index in [2.05, 4.69) is 26.3 Å². The maximum atomic E-state index is 12.3. The van der Waals surface area contributed by atoms with Crippen molar-refractivity contribution in [2.45, 2.75) is 6.54 Å². The standard InChI is InChI=1S/C18H16BrN3O2/c19-17-8-2-1-7-16(17)18(23)21-14-5-3-6-15(13-14)24-12-11-22-10-4-9-20-22/h1-10,13H,11-12H2,(H,21,23). The molecule has 0 fully saturated rings. The smallest absolute Gasteiger partial charge is 0.256 e. The van der Waals surface area contributed by atoms with Gasteiger partial charge in [0.15, 0.2) is 0 Å². The summed E-state index contributed by atoms with van der Waals surface area (Å²) in [6, 6.07) is 16.5. The summed E-state index contributed by atoms with van der Waals surface area (Å²) in [4.78, 5) is 12.3. The van der Waals surface area contributed by atoms with Gasteiger partial charge in [-0.15, -0.1) is 0 Å². The van der Waals surface area contributed by atoms with E-state index in [1.807, 2.05) is 48.7 Å². The average Bonchev–Trinajstić information content (AvgIpc) is 3.09. The number of carbonyl (C=O) groups excluding carboxylic acids is 1. The van der Waals surface area contributed by atoms with Gasteiger partial charge in [0.05, 0.1) is 12.1 Å². The highest BCUT2D eigenvalue weighted by Crippen LogP contribution is 2.20. The lowest BCUT2D eigenvalue weighted by Gasteiger charge is -2.10. The van der Waals surface area contributed by atoms with Gasteiger partial charge in [-0.05, 0) is 46.3 Å². The minimum atomic E-state index is -0.170. The molecule has 0 aliphatic heterocycles. The van der Waals surface area contributed by atoms with Crippen LogP contribution in [0.4, 0.5) is 5.69 Å². The number of aromatic nitrogens is 2. The molecule has 0 radical (unpaired) electrons. The van der Waals surface area contributed by atoms with Crippen LogP contribution in [0, 0.1) is 0 Å². The molecule has 1 amide bonds. The molecule has 5 nitrogen and oxygen atoms in total. The van der Waals surface area contributed by atoms with Crippen molar-refractivity contribution in [1.29, 1.82) is 0 Å². The number of benzene rings is 2. The SMILES string of the molecule is O=C(Nc1cccc(OCCn2cccn2)c1)c1ccccc1Br. The van der Waals surface area contributed by atoms with Crippen molar-refractivity contribution in [3.63, 3.8) is 0 Å². The van der Waals surface area contributed by atoms with E-state index in [1.165, 1.54) is 0 Å². The van der Waals surface area contributed by atoms with Gasteiger partial charge in [-0.3, -0.25) is 9.48 Å². The Labute approximate surface area is 148 Å². The molecule has 0 saturated heterocycles. The Morgan fingerprint density at radius 3 is 2.83 bits per heavy atom. The summed E-state index contributed by atoms with van der Waals surface area (Å²) in [6.07, 6.45) is 3.62. The number of ether oxygens (including phenoxy) is 1. The van der Waals surface area contributed by atoms with Gasteiger partial charge in [0.25, 0.3) is 5.91 Å². The number of halogens is 1. The first-order chi connectivity index (χ1) is 11.7. The van der Waals surface area contributed by atoms with Crippen LogP contribution in [-0.4, -0.2) is 22.3 Å². The quantitative estimate of drug-likeness (QED) is 0.697. The van der Waals surface area contributed by atoms with E-state index in [1.54, 1.807) is 23.0 Å². The molecule has 0 aliphatic rings. The highest BCUT2D eigenvalue weighted by atomic mass is 79.9. The number of amides is 1. The molecule has 0 saturated carbocycles. The number of carbonyl (C=O) groups is 1. The molecular formula is C18H16BrN3O2. The Morgan fingerprint density at radius 2 is 2.04 bits per heavy atom. The second-order valence-corrected chi connectivity index (χ2v) is 5.93. The van der Waals surface area contributed by atoms with Crippen LogP contribution >= 0.6 is 15.9 Å². The van der Waals surface area contributed by atoms with Gasteiger partial charge in [0, 0.05) is 28.6 Å². The van der Waals surface area contributed by atoms with Crippen molar-refractivity contribution in [3.8, 4) is 5.75 Å². The van der Waals surface area contributed by atoms with Gasteiger partial charge in [-0.2, -0.15) is 5.10 Å². The third-order valence-corrected chi connectivity index (χ3v) is 4.05. The Morgan fingerprint density at radius 1 is 1.17 bits per heavy atom. The van der Waals surface area contributed by atoms with Crippen LogP contribution in [-0.2, 0) is 6.54 Å². The second-order valence-electron chi connectivity index (χ2n) is 5.08. The zero-order valence-electron chi connectivity index (χ0n) is 12.9. The molecule has 6 heteroatoms. The van der Waals surface area contributed by atoms with Crippen molar-refractivity contribution < 1.29 is 9.53 Å². The molecule has 1 aromatic heterocycles. The topological polar surface area (TPSA) is 56.1 Å². The molecule has 0 unspecified atom stereocenters. The van der Waals surface area contributed by atoms with Crippen LogP contribution in [0.25, 0.3) is 0 Å². The lowest BCUT2D eigenvalue weighted by atomic mass is 10.2. The van der Waals surface area contributed by atoms with Gasteiger partial charge in [-0.25, -0.2) is 0 Å². The van der Waals surface area contributed by atoms with Gasteiger partial charge in [0.1, 0.15) is 12.4 Å². The molecular weight excluding hydrogens is 370 g/mol. The van der Waals surface area contributed by atoms with Crippen LogP contribution in [0.2, 0.25) is 0 Å². The van der Waals surface area contributed by atoms with Crippen LogP contribution < -0.4 is 10.1 Å². The normalized spacial score (nSPS) is 10.4. The molecule has 3 aromatic rings. The van der Waals surface area contributed by atoms with Crippen LogP contribution in [0.1, 0.15) is 10.4 Å². The minimum absolute atomic E-state index is 0.170. The van der Waals surface area contributed by atoms with E-state index in [-0.39, 0.29) is 5.91 Å².